The third-order valence-corrected chi connectivity index (χ3v) is 6.43. The van der Waals surface area contributed by atoms with Crippen LogP contribution in [0.3, 0.4) is 0 Å². The fraction of sp³-hybridized carbons (Fsp3) is 0.579. The summed E-state index contributed by atoms with van der Waals surface area (Å²) in [6, 6.07) is 6.66. The van der Waals surface area contributed by atoms with Gasteiger partial charge >= 0.3 is 0 Å². The summed E-state index contributed by atoms with van der Waals surface area (Å²) in [4.78, 5) is 13.6. The van der Waals surface area contributed by atoms with E-state index in [-0.39, 0.29) is 11.6 Å². The Morgan fingerprint density at radius 3 is 2.62 bits per heavy atom. The monoisotopic (exact) mass is 343 g/mol. The fourth-order valence-electron chi connectivity index (χ4n) is 3.65. The van der Waals surface area contributed by atoms with Crippen molar-refractivity contribution in [1.82, 2.24) is 15.1 Å². The minimum Gasteiger partial charge on any atom is -0.309 e. The maximum Gasteiger partial charge on any atom is 0.267 e. The topological polar surface area (TPSA) is 46.9 Å². The van der Waals surface area contributed by atoms with Crippen LogP contribution >= 0.6 is 11.3 Å². The zero-order valence-corrected chi connectivity index (χ0v) is 15.0. The number of nitrogens with zero attached hydrogens (tertiary/aromatic N) is 2. The molecule has 0 aliphatic heterocycles. The molecule has 5 heteroatoms. The number of aromatic nitrogens is 2. The summed E-state index contributed by atoms with van der Waals surface area (Å²) in [5.41, 5.74) is 2.56. The van der Waals surface area contributed by atoms with Crippen LogP contribution in [-0.4, -0.2) is 15.8 Å². The van der Waals surface area contributed by atoms with Gasteiger partial charge in [-0.3, -0.25) is 4.79 Å². The molecule has 1 N–H and O–H groups in total. The van der Waals surface area contributed by atoms with Crippen LogP contribution in [0.1, 0.15) is 66.6 Å². The number of hydrogen-bond acceptors (Lipinski definition) is 4. The SMILES string of the molecule is Cc1ccsc1CNC1CCC(n2nc(C3CC3)ccc2=O)CC1. The summed E-state index contributed by atoms with van der Waals surface area (Å²) in [7, 11) is 0. The van der Waals surface area contributed by atoms with Gasteiger partial charge in [0.15, 0.2) is 0 Å². The average Bonchev–Trinajstić information content (AvgIpc) is 3.37. The van der Waals surface area contributed by atoms with Crippen LogP contribution in [0.4, 0.5) is 0 Å². The van der Waals surface area contributed by atoms with E-state index in [4.69, 9.17) is 0 Å². The Kier molecular flexibility index (Phi) is 4.55. The van der Waals surface area contributed by atoms with Crippen LogP contribution in [0, 0.1) is 6.92 Å². The maximum atomic E-state index is 12.2. The second-order valence-corrected chi connectivity index (χ2v) is 8.23. The number of hydrogen-bond donors (Lipinski definition) is 1. The molecular weight excluding hydrogens is 318 g/mol. The van der Waals surface area contributed by atoms with Crippen molar-refractivity contribution in [3.05, 3.63) is 50.1 Å². The first-order valence-corrected chi connectivity index (χ1v) is 9.95. The minimum absolute atomic E-state index is 0.0602. The van der Waals surface area contributed by atoms with Gasteiger partial charge in [-0.2, -0.15) is 5.10 Å². The van der Waals surface area contributed by atoms with Gasteiger partial charge in [0.2, 0.25) is 0 Å². The molecule has 2 aromatic heterocycles. The lowest BCUT2D eigenvalue weighted by molar-refractivity contribution is 0.267. The second-order valence-electron chi connectivity index (χ2n) is 7.23. The molecule has 2 aromatic rings. The summed E-state index contributed by atoms with van der Waals surface area (Å²) in [6.07, 6.45) is 6.78. The second kappa shape index (κ2) is 6.81. The standard InChI is InChI=1S/C19H25N3OS/c1-13-10-11-24-18(13)12-20-15-4-6-16(7-5-15)22-19(23)9-8-17(21-22)14-2-3-14/h8-11,14-16,20H,2-7,12H2,1H3. The highest BCUT2D eigenvalue weighted by atomic mass is 32.1. The van der Waals surface area contributed by atoms with Gasteiger partial charge in [-0.15, -0.1) is 11.3 Å². The van der Waals surface area contributed by atoms with Crippen molar-refractivity contribution in [2.24, 2.45) is 0 Å². The van der Waals surface area contributed by atoms with Crippen LogP contribution < -0.4 is 10.9 Å². The molecule has 2 heterocycles. The third-order valence-electron chi connectivity index (χ3n) is 5.40. The lowest BCUT2D eigenvalue weighted by Gasteiger charge is -2.29. The van der Waals surface area contributed by atoms with E-state index < -0.39 is 0 Å². The zero-order chi connectivity index (χ0) is 16.5. The normalized spacial score (nSPS) is 24.2. The number of rotatable bonds is 5. The van der Waals surface area contributed by atoms with E-state index in [2.05, 4.69) is 28.8 Å². The van der Waals surface area contributed by atoms with Crippen LogP contribution in [0.5, 0.6) is 0 Å². The highest BCUT2D eigenvalue weighted by molar-refractivity contribution is 7.10. The number of thiophene rings is 1. The van der Waals surface area contributed by atoms with Gasteiger partial charge in [-0.25, -0.2) is 4.68 Å². The predicted octanol–water partition coefficient (Wildman–Crippen LogP) is 3.76. The van der Waals surface area contributed by atoms with Crippen molar-refractivity contribution in [1.29, 1.82) is 0 Å². The van der Waals surface area contributed by atoms with E-state index in [1.807, 2.05) is 17.4 Å². The van der Waals surface area contributed by atoms with Crippen LogP contribution in [-0.2, 0) is 6.54 Å². The molecule has 24 heavy (non-hydrogen) atoms. The lowest BCUT2D eigenvalue weighted by atomic mass is 9.91. The van der Waals surface area contributed by atoms with E-state index in [0.717, 1.165) is 37.9 Å². The Morgan fingerprint density at radius 1 is 1.17 bits per heavy atom. The molecule has 128 valence electrons. The van der Waals surface area contributed by atoms with Crippen LogP contribution in [0.25, 0.3) is 0 Å². The van der Waals surface area contributed by atoms with Gasteiger partial charge in [0.05, 0.1) is 11.7 Å². The van der Waals surface area contributed by atoms with Gasteiger partial charge < -0.3 is 5.32 Å². The first kappa shape index (κ1) is 16.0. The average molecular weight is 343 g/mol. The largest absolute Gasteiger partial charge is 0.309 e. The Labute approximate surface area is 146 Å². The Morgan fingerprint density at radius 2 is 1.96 bits per heavy atom. The van der Waals surface area contributed by atoms with Crippen molar-refractivity contribution in [2.45, 2.75) is 70.0 Å². The first-order valence-electron chi connectivity index (χ1n) is 9.07. The molecule has 4 nitrogen and oxygen atoms in total. The molecule has 4 rings (SSSR count). The molecular formula is C19H25N3OS. The maximum absolute atomic E-state index is 12.2. The van der Waals surface area contributed by atoms with Crippen LogP contribution in [0.15, 0.2) is 28.4 Å². The molecule has 0 aromatic carbocycles. The summed E-state index contributed by atoms with van der Waals surface area (Å²) in [5.74, 6) is 0.601. The smallest absolute Gasteiger partial charge is 0.267 e. The lowest BCUT2D eigenvalue weighted by Crippen LogP contribution is -2.36. The minimum atomic E-state index is 0.0602. The van der Waals surface area contributed by atoms with Crippen molar-refractivity contribution in [2.75, 3.05) is 0 Å². The van der Waals surface area contributed by atoms with Crippen LogP contribution in [0.2, 0.25) is 0 Å². The zero-order valence-electron chi connectivity index (χ0n) is 14.2. The molecule has 0 spiro atoms. The van der Waals surface area contributed by atoms with Crippen molar-refractivity contribution >= 4 is 11.3 Å². The van der Waals surface area contributed by atoms with E-state index in [0.29, 0.717) is 12.0 Å². The predicted molar refractivity (Wildman–Crippen MR) is 97.7 cm³/mol. The molecule has 0 atom stereocenters. The molecule has 2 saturated carbocycles. The van der Waals surface area contributed by atoms with Crippen molar-refractivity contribution in [3.8, 4) is 0 Å². The van der Waals surface area contributed by atoms with Gasteiger partial charge in [0.1, 0.15) is 0 Å². The fourth-order valence-corrected chi connectivity index (χ4v) is 4.50. The molecule has 0 amide bonds. The molecule has 2 aliphatic rings. The van der Waals surface area contributed by atoms with Gasteiger partial charge in [0, 0.05) is 29.4 Å². The first-order chi connectivity index (χ1) is 11.7. The van der Waals surface area contributed by atoms with E-state index in [9.17, 15) is 4.79 Å². The molecule has 0 radical (unpaired) electrons. The highest BCUT2D eigenvalue weighted by Gasteiger charge is 2.28. The molecule has 0 unspecified atom stereocenters. The van der Waals surface area contributed by atoms with E-state index in [1.54, 1.807) is 10.7 Å². The molecule has 0 saturated heterocycles. The van der Waals surface area contributed by atoms with Gasteiger partial charge in [-0.05, 0) is 68.5 Å². The Bertz CT molecular complexity index is 754. The van der Waals surface area contributed by atoms with E-state index in [1.165, 1.54) is 23.3 Å². The Balaban J connectivity index is 1.35. The molecule has 2 aliphatic carbocycles. The molecule has 2 fully saturated rings. The highest BCUT2D eigenvalue weighted by Crippen LogP contribution is 2.38. The van der Waals surface area contributed by atoms with Gasteiger partial charge in [-0.1, -0.05) is 0 Å². The summed E-state index contributed by atoms with van der Waals surface area (Å²) >= 11 is 1.83. The van der Waals surface area contributed by atoms with Crippen molar-refractivity contribution < 1.29 is 0 Å². The summed E-state index contributed by atoms with van der Waals surface area (Å²) in [5, 5.41) is 10.5. The summed E-state index contributed by atoms with van der Waals surface area (Å²) < 4.78 is 1.77. The number of aryl methyl sites for hydroxylation is 1. The van der Waals surface area contributed by atoms with Crippen molar-refractivity contribution in [3.63, 3.8) is 0 Å². The number of nitrogens with one attached hydrogen (secondary N) is 1. The van der Waals surface area contributed by atoms with E-state index >= 15 is 0 Å². The Hall–Kier alpha value is -1.46. The third kappa shape index (κ3) is 3.47. The van der Waals surface area contributed by atoms with Gasteiger partial charge in [0.25, 0.3) is 5.56 Å². The quantitative estimate of drug-likeness (QED) is 0.899. The molecule has 0 bridgehead atoms. The summed E-state index contributed by atoms with van der Waals surface area (Å²) in [6.45, 7) is 3.14.